The van der Waals surface area contributed by atoms with Crippen molar-refractivity contribution in [1.82, 2.24) is 15.5 Å². The highest BCUT2D eigenvalue weighted by Crippen LogP contribution is 2.16. The average Bonchev–Trinajstić information content (AvgIpc) is 2.54. The summed E-state index contributed by atoms with van der Waals surface area (Å²) in [6, 6.07) is 11.1. The number of hydrogen-bond donors (Lipinski definition) is 2. The summed E-state index contributed by atoms with van der Waals surface area (Å²) in [7, 11) is 0. The van der Waals surface area contributed by atoms with Crippen LogP contribution < -0.4 is 10.6 Å². The number of carbonyl (C=O) groups is 1. The third-order valence-corrected chi connectivity index (χ3v) is 3.67. The molecule has 1 aromatic carbocycles. The van der Waals surface area contributed by atoms with Crippen molar-refractivity contribution in [2.24, 2.45) is 0 Å². The maximum atomic E-state index is 11.9. The van der Waals surface area contributed by atoms with Gasteiger partial charge in [-0.3, -0.25) is 4.79 Å². The fourth-order valence-electron chi connectivity index (χ4n) is 1.77. The van der Waals surface area contributed by atoms with E-state index in [0.717, 1.165) is 12.0 Å². The Kier molecular flexibility index (Phi) is 5.72. The van der Waals surface area contributed by atoms with Gasteiger partial charge in [0.25, 0.3) is 5.91 Å². The molecule has 6 heteroatoms. The molecule has 0 saturated carbocycles. The molecule has 0 fully saturated rings. The highest BCUT2D eigenvalue weighted by molar-refractivity contribution is 6.31. The monoisotopic (exact) mass is 318 g/mol. The van der Waals surface area contributed by atoms with Crippen molar-refractivity contribution >= 4 is 23.3 Å². The number of amides is 1. The van der Waals surface area contributed by atoms with Crippen molar-refractivity contribution in [3.05, 3.63) is 52.7 Å². The number of halogens is 1. The summed E-state index contributed by atoms with van der Waals surface area (Å²) < 4.78 is 0. The number of benzene rings is 1. The lowest BCUT2D eigenvalue weighted by Crippen LogP contribution is -2.32. The first kappa shape index (κ1) is 16.2. The number of aromatic nitrogens is 2. The highest BCUT2D eigenvalue weighted by atomic mass is 35.5. The second-order valence-electron chi connectivity index (χ2n) is 5.03. The van der Waals surface area contributed by atoms with Gasteiger partial charge in [-0.05, 0) is 37.1 Å². The van der Waals surface area contributed by atoms with Crippen molar-refractivity contribution in [1.29, 1.82) is 0 Å². The van der Waals surface area contributed by atoms with Crippen LogP contribution in [0.2, 0.25) is 5.02 Å². The molecule has 2 N–H and O–H groups in total. The molecule has 1 aromatic heterocycles. The fourth-order valence-corrected chi connectivity index (χ4v) is 1.98. The van der Waals surface area contributed by atoms with Gasteiger partial charge in [-0.2, -0.15) is 0 Å². The summed E-state index contributed by atoms with van der Waals surface area (Å²) in [6.45, 7) is 4.51. The van der Waals surface area contributed by atoms with Gasteiger partial charge in [0.15, 0.2) is 5.69 Å². The number of anilines is 1. The SMILES string of the molecule is CCC(C)NC(=O)c1ccc(NCc2ccccc2Cl)nn1. The Labute approximate surface area is 135 Å². The molecule has 0 aliphatic rings. The minimum Gasteiger partial charge on any atom is -0.364 e. The first-order chi connectivity index (χ1) is 10.6. The zero-order valence-corrected chi connectivity index (χ0v) is 13.4. The van der Waals surface area contributed by atoms with Gasteiger partial charge in [0.1, 0.15) is 5.82 Å². The van der Waals surface area contributed by atoms with Gasteiger partial charge in [-0.15, -0.1) is 10.2 Å². The number of nitrogens with zero attached hydrogens (tertiary/aromatic N) is 2. The summed E-state index contributed by atoms with van der Waals surface area (Å²) in [5, 5.41) is 14.6. The number of nitrogens with one attached hydrogen (secondary N) is 2. The van der Waals surface area contributed by atoms with Crippen LogP contribution in [0.1, 0.15) is 36.3 Å². The molecular weight excluding hydrogens is 300 g/mol. The lowest BCUT2D eigenvalue weighted by molar-refractivity contribution is 0.0933. The van der Waals surface area contributed by atoms with Crippen molar-refractivity contribution in [3.63, 3.8) is 0 Å². The predicted octanol–water partition coefficient (Wildman–Crippen LogP) is 3.27. The normalized spacial score (nSPS) is 11.8. The van der Waals surface area contributed by atoms with Crippen LogP contribution in [0.25, 0.3) is 0 Å². The second kappa shape index (κ2) is 7.75. The van der Waals surface area contributed by atoms with E-state index in [1.54, 1.807) is 12.1 Å². The van der Waals surface area contributed by atoms with E-state index < -0.39 is 0 Å². The van der Waals surface area contributed by atoms with Gasteiger partial charge in [-0.25, -0.2) is 0 Å². The minimum atomic E-state index is -0.209. The predicted molar refractivity (Wildman–Crippen MR) is 88.0 cm³/mol. The van der Waals surface area contributed by atoms with Gasteiger partial charge in [0.2, 0.25) is 0 Å². The molecule has 1 unspecified atom stereocenters. The van der Waals surface area contributed by atoms with Crippen molar-refractivity contribution in [2.45, 2.75) is 32.9 Å². The topological polar surface area (TPSA) is 66.9 Å². The number of carbonyl (C=O) groups excluding carboxylic acids is 1. The third kappa shape index (κ3) is 4.43. The Balaban J connectivity index is 1.95. The molecule has 2 aromatic rings. The minimum absolute atomic E-state index is 0.118. The Bertz CT molecular complexity index is 630. The molecule has 1 heterocycles. The van der Waals surface area contributed by atoms with Gasteiger partial charge in [0, 0.05) is 17.6 Å². The average molecular weight is 319 g/mol. The summed E-state index contributed by atoms with van der Waals surface area (Å²) in [5.41, 5.74) is 1.29. The van der Waals surface area contributed by atoms with Crippen LogP contribution in [-0.2, 0) is 6.54 Å². The molecule has 22 heavy (non-hydrogen) atoms. The van der Waals surface area contributed by atoms with Gasteiger partial charge in [-0.1, -0.05) is 36.7 Å². The molecule has 0 bridgehead atoms. The summed E-state index contributed by atoms with van der Waals surface area (Å²) in [6.07, 6.45) is 0.872. The largest absolute Gasteiger partial charge is 0.364 e. The molecule has 5 nitrogen and oxygen atoms in total. The summed E-state index contributed by atoms with van der Waals surface area (Å²) >= 11 is 6.09. The summed E-state index contributed by atoms with van der Waals surface area (Å²) in [4.78, 5) is 11.9. The maximum Gasteiger partial charge on any atom is 0.272 e. The standard InChI is InChI=1S/C16H19ClN4O/c1-3-11(2)19-16(22)14-8-9-15(21-20-14)18-10-12-6-4-5-7-13(12)17/h4-9,11H,3,10H2,1-2H3,(H,18,21)(H,19,22). The quantitative estimate of drug-likeness (QED) is 0.858. The Hall–Kier alpha value is -2.14. The molecular formula is C16H19ClN4O. The number of rotatable bonds is 6. The first-order valence-electron chi connectivity index (χ1n) is 7.22. The lowest BCUT2D eigenvalue weighted by atomic mass is 10.2. The van der Waals surface area contributed by atoms with Crippen LogP contribution in [0.4, 0.5) is 5.82 Å². The molecule has 116 valence electrons. The van der Waals surface area contributed by atoms with Gasteiger partial charge < -0.3 is 10.6 Å². The van der Waals surface area contributed by atoms with E-state index in [2.05, 4.69) is 20.8 Å². The van der Waals surface area contributed by atoms with Gasteiger partial charge in [0.05, 0.1) is 0 Å². The molecule has 0 aliphatic carbocycles. The van der Waals surface area contributed by atoms with E-state index in [-0.39, 0.29) is 11.9 Å². The fraction of sp³-hybridized carbons (Fsp3) is 0.312. The lowest BCUT2D eigenvalue weighted by Gasteiger charge is -2.11. The van der Waals surface area contributed by atoms with Crippen molar-refractivity contribution < 1.29 is 4.79 Å². The Morgan fingerprint density at radius 1 is 1.23 bits per heavy atom. The Morgan fingerprint density at radius 3 is 2.64 bits per heavy atom. The molecule has 1 atom stereocenters. The second-order valence-corrected chi connectivity index (χ2v) is 5.44. The van der Waals surface area contributed by atoms with Crippen LogP contribution in [0.5, 0.6) is 0 Å². The maximum absolute atomic E-state index is 11.9. The Morgan fingerprint density at radius 2 is 2.00 bits per heavy atom. The van der Waals surface area contributed by atoms with Crippen LogP contribution >= 0.6 is 11.6 Å². The van der Waals surface area contributed by atoms with E-state index >= 15 is 0 Å². The van der Waals surface area contributed by atoms with E-state index in [9.17, 15) is 4.79 Å². The van der Waals surface area contributed by atoms with Crippen molar-refractivity contribution in [3.8, 4) is 0 Å². The van der Waals surface area contributed by atoms with Crippen molar-refractivity contribution in [2.75, 3.05) is 5.32 Å². The molecule has 0 aliphatic heterocycles. The zero-order valence-electron chi connectivity index (χ0n) is 12.6. The molecule has 1 amide bonds. The summed E-state index contributed by atoms with van der Waals surface area (Å²) in [5.74, 6) is 0.388. The van der Waals surface area contributed by atoms with E-state index in [1.807, 2.05) is 38.1 Å². The van der Waals surface area contributed by atoms with Crippen LogP contribution in [0, 0.1) is 0 Å². The smallest absolute Gasteiger partial charge is 0.272 e. The van der Waals surface area contributed by atoms with Crippen LogP contribution in [0.3, 0.4) is 0 Å². The molecule has 0 saturated heterocycles. The van der Waals surface area contributed by atoms with Gasteiger partial charge >= 0.3 is 0 Å². The molecule has 2 rings (SSSR count). The van der Waals surface area contributed by atoms with E-state index in [4.69, 9.17) is 11.6 Å². The molecule has 0 radical (unpaired) electrons. The van der Waals surface area contributed by atoms with E-state index in [0.29, 0.717) is 23.1 Å². The zero-order chi connectivity index (χ0) is 15.9. The van der Waals surface area contributed by atoms with E-state index in [1.165, 1.54) is 0 Å². The molecule has 0 spiro atoms. The van der Waals surface area contributed by atoms with Crippen LogP contribution in [0.15, 0.2) is 36.4 Å². The highest BCUT2D eigenvalue weighted by Gasteiger charge is 2.10. The third-order valence-electron chi connectivity index (χ3n) is 3.30. The number of hydrogen-bond acceptors (Lipinski definition) is 4. The first-order valence-corrected chi connectivity index (χ1v) is 7.59. The van der Waals surface area contributed by atoms with Crippen LogP contribution in [-0.4, -0.2) is 22.1 Å².